The molecule has 3 aromatic carbocycles. The van der Waals surface area contributed by atoms with Gasteiger partial charge >= 0.3 is 0 Å². The number of aromatic nitrogens is 1. The molecule has 0 saturated carbocycles. The molecule has 0 unspecified atom stereocenters. The number of nitrogens with zero attached hydrogens (tertiary/aromatic N) is 1. The second-order valence-corrected chi connectivity index (χ2v) is 7.53. The summed E-state index contributed by atoms with van der Waals surface area (Å²) in [4.78, 5) is 16.7. The van der Waals surface area contributed by atoms with Gasteiger partial charge in [0.2, 0.25) is 5.91 Å². The van der Waals surface area contributed by atoms with Crippen LogP contribution in [0, 0.1) is 0 Å². The van der Waals surface area contributed by atoms with Gasteiger partial charge in [-0.05, 0) is 34.6 Å². The third-order valence-corrected chi connectivity index (χ3v) is 5.19. The average molecular weight is 404 g/mol. The van der Waals surface area contributed by atoms with E-state index < -0.39 is 0 Å². The fourth-order valence-electron chi connectivity index (χ4n) is 2.89. The second-order valence-electron chi connectivity index (χ2n) is 6.26. The number of fused-ring (bicyclic) bond motifs is 1. The first-order chi connectivity index (χ1) is 13.7. The monoisotopic (exact) mass is 403 g/mol. The number of rotatable bonds is 4. The Morgan fingerprint density at radius 3 is 2.54 bits per heavy atom. The van der Waals surface area contributed by atoms with Crippen molar-refractivity contribution in [3.8, 4) is 11.3 Å². The number of amides is 1. The predicted octanol–water partition coefficient (Wildman–Crippen LogP) is 5.02. The van der Waals surface area contributed by atoms with Gasteiger partial charge in [-0.3, -0.25) is 4.79 Å². The Hall–Kier alpha value is -3.09. The van der Waals surface area contributed by atoms with E-state index in [1.807, 2.05) is 47.8 Å². The highest BCUT2D eigenvalue weighted by atomic mass is 32.1. The Bertz CT molecular complexity index is 1140. The minimum Gasteiger partial charge on any atom is -0.308 e. The average Bonchev–Trinajstić information content (AvgIpc) is 3.16. The van der Waals surface area contributed by atoms with Crippen molar-refractivity contribution in [3.05, 3.63) is 83.7 Å². The van der Waals surface area contributed by atoms with E-state index in [-0.39, 0.29) is 17.4 Å². The number of carbonyl (C=O) groups is 1. The van der Waals surface area contributed by atoms with E-state index in [0.717, 1.165) is 16.8 Å². The largest absolute Gasteiger partial charge is 0.308 e. The van der Waals surface area contributed by atoms with Crippen LogP contribution in [-0.2, 0) is 11.2 Å². The molecule has 6 heteroatoms. The van der Waals surface area contributed by atoms with Gasteiger partial charge in [0.25, 0.3) is 0 Å². The molecule has 0 fully saturated rings. The van der Waals surface area contributed by atoms with E-state index in [1.165, 1.54) is 22.1 Å². The minimum absolute atomic E-state index is 0.157. The highest BCUT2D eigenvalue weighted by Crippen LogP contribution is 2.27. The van der Waals surface area contributed by atoms with Crippen LogP contribution in [0.15, 0.2) is 78.2 Å². The Morgan fingerprint density at radius 2 is 1.71 bits per heavy atom. The van der Waals surface area contributed by atoms with Gasteiger partial charge < -0.3 is 10.6 Å². The van der Waals surface area contributed by atoms with Crippen molar-refractivity contribution >= 4 is 50.5 Å². The number of hydrogen-bond acceptors (Lipinski definition) is 4. The van der Waals surface area contributed by atoms with Gasteiger partial charge in [0.1, 0.15) is 0 Å². The van der Waals surface area contributed by atoms with Crippen LogP contribution in [0.4, 0.5) is 5.13 Å². The summed E-state index contributed by atoms with van der Waals surface area (Å²) in [5.74, 6) is -0.157. The molecular formula is C22H17N3OS2. The van der Waals surface area contributed by atoms with Crippen molar-refractivity contribution < 1.29 is 4.79 Å². The maximum atomic E-state index is 12.1. The third-order valence-electron chi connectivity index (χ3n) is 4.23. The number of thiocarbonyl (C=S) groups is 1. The van der Waals surface area contributed by atoms with Crippen LogP contribution in [0.1, 0.15) is 5.56 Å². The summed E-state index contributed by atoms with van der Waals surface area (Å²) < 4.78 is 0. The van der Waals surface area contributed by atoms with Crippen molar-refractivity contribution in [1.29, 1.82) is 0 Å². The van der Waals surface area contributed by atoms with Crippen molar-refractivity contribution in [2.75, 3.05) is 5.32 Å². The topological polar surface area (TPSA) is 54.0 Å². The van der Waals surface area contributed by atoms with Gasteiger partial charge in [0.05, 0.1) is 12.1 Å². The van der Waals surface area contributed by atoms with E-state index >= 15 is 0 Å². The van der Waals surface area contributed by atoms with Gasteiger partial charge in [-0.2, -0.15) is 0 Å². The molecule has 1 heterocycles. The van der Waals surface area contributed by atoms with Gasteiger partial charge in [-0.1, -0.05) is 66.7 Å². The zero-order valence-corrected chi connectivity index (χ0v) is 16.5. The van der Waals surface area contributed by atoms with E-state index in [2.05, 4.69) is 45.9 Å². The van der Waals surface area contributed by atoms with Gasteiger partial charge in [-0.25, -0.2) is 4.98 Å². The number of thiazole rings is 1. The fraction of sp³-hybridized carbons (Fsp3) is 0.0455. The molecule has 1 amide bonds. The quantitative estimate of drug-likeness (QED) is 0.470. The summed E-state index contributed by atoms with van der Waals surface area (Å²) in [6.07, 6.45) is 0.281. The van der Waals surface area contributed by atoms with Crippen LogP contribution in [0.5, 0.6) is 0 Å². The number of carbonyl (C=O) groups excluding carboxylic acids is 1. The van der Waals surface area contributed by atoms with E-state index in [0.29, 0.717) is 5.13 Å². The lowest BCUT2D eigenvalue weighted by Gasteiger charge is -2.07. The molecule has 4 rings (SSSR count). The minimum atomic E-state index is -0.157. The SMILES string of the molecule is O=C(Cc1ccccc1)NC(=S)Nc1nc(-c2ccc3ccccc3c2)cs1. The molecule has 0 spiro atoms. The highest BCUT2D eigenvalue weighted by molar-refractivity contribution is 7.80. The first kappa shape index (κ1) is 18.3. The van der Waals surface area contributed by atoms with Gasteiger partial charge in [0.15, 0.2) is 10.2 Å². The van der Waals surface area contributed by atoms with Crippen molar-refractivity contribution in [3.63, 3.8) is 0 Å². The maximum Gasteiger partial charge on any atom is 0.230 e. The van der Waals surface area contributed by atoms with Crippen molar-refractivity contribution in [2.45, 2.75) is 6.42 Å². The Morgan fingerprint density at radius 1 is 0.964 bits per heavy atom. The summed E-state index contributed by atoms with van der Waals surface area (Å²) in [5, 5.41) is 10.9. The molecule has 0 atom stereocenters. The van der Waals surface area contributed by atoms with Crippen molar-refractivity contribution in [1.82, 2.24) is 10.3 Å². The molecule has 138 valence electrons. The first-order valence-corrected chi connectivity index (χ1v) is 10.1. The Balaban J connectivity index is 1.39. The van der Waals surface area contributed by atoms with E-state index in [1.54, 1.807) is 0 Å². The normalized spacial score (nSPS) is 10.6. The fourth-order valence-corrected chi connectivity index (χ4v) is 3.89. The summed E-state index contributed by atoms with van der Waals surface area (Å²) in [7, 11) is 0. The molecule has 0 aliphatic rings. The van der Waals surface area contributed by atoms with Crippen LogP contribution >= 0.6 is 23.6 Å². The molecule has 2 N–H and O–H groups in total. The molecule has 1 aromatic heterocycles. The van der Waals surface area contributed by atoms with Crippen LogP contribution in [-0.4, -0.2) is 16.0 Å². The van der Waals surface area contributed by atoms with Gasteiger partial charge in [-0.15, -0.1) is 11.3 Å². The zero-order chi connectivity index (χ0) is 19.3. The Kier molecular flexibility index (Phi) is 5.41. The number of anilines is 1. The van der Waals surface area contributed by atoms with Crippen LogP contribution in [0.2, 0.25) is 0 Å². The molecule has 4 nitrogen and oxygen atoms in total. The molecular weight excluding hydrogens is 386 g/mol. The van der Waals surface area contributed by atoms with Crippen LogP contribution < -0.4 is 10.6 Å². The maximum absolute atomic E-state index is 12.1. The molecule has 0 radical (unpaired) electrons. The standard InChI is InChI=1S/C22H17N3OS2/c26-20(12-15-6-2-1-3-7-15)24-21(27)25-22-23-19(14-28-22)18-11-10-16-8-4-5-9-17(16)13-18/h1-11,13-14H,12H2,(H2,23,24,25,26,27). The number of benzene rings is 3. The lowest BCUT2D eigenvalue weighted by molar-refractivity contribution is -0.119. The van der Waals surface area contributed by atoms with E-state index in [9.17, 15) is 4.79 Å². The van der Waals surface area contributed by atoms with Crippen LogP contribution in [0.3, 0.4) is 0 Å². The van der Waals surface area contributed by atoms with Crippen molar-refractivity contribution in [2.24, 2.45) is 0 Å². The lowest BCUT2D eigenvalue weighted by atomic mass is 10.1. The Labute approximate surface area is 172 Å². The number of nitrogens with one attached hydrogen (secondary N) is 2. The zero-order valence-electron chi connectivity index (χ0n) is 14.9. The smallest absolute Gasteiger partial charge is 0.230 e. The summed E-state index contributed by atoms with van der Waals surface area (Å²) in [5.41, 5.74) is 2.86. The number of hydrogen-bond donors (Lipinski definition) is 2. The van der Waals surface area contributed by atoms with E-state index in [4.69, 9.17) is 12.2 Å². The molecule has 4 aromatic rings. The molecule has 0 aliphatic carbocycles. The summed E-state index contributed by atoms with van der Waals surface area (Å²) in [6.45, 7) is 0. The second kappa shape index (κ2) is 8.29. The molecule has 0 aliphatic heterocycles. The molecule has 28 heavy (non-hydrogen) atoms. The molecule has 0 bridgehead atoms. The third kappa shape index (κ3) is 4.42. The van der Waals surface area contributed by atoms with Crippen LogP contribution in [0.25, 0.3) is 22.0 Å². The summed E-state index contributed by atoms with van der Waals surface area (Å²) >= 11 is 6.69. The van der Waals surface area contributed by atoms with Gasteiger partial charge in [0, 0.05) is 10.9 Å². The lowest BCUT2D eigenvalue weighted by Crippen LogP contribution is -2.35. The summed E-state index contributed by atoms with van der Waals surface area (Å²) in [6, 6.07) is 24.0. The highest BCUT2D eigenvalue weighted by Gasteiger charge is 2.09. The first-order valence-electron chi connectivity index (χ1n) is 8.77. The molecule has 0 saturated heterocycles. The predicted molar refractivity (Wildman–Crippen MR) is 120 cm³/mol.